The molecule has 0 bridgehead atoms. The molecule has 9 heteroatoms. The lowest BCUT2D eigenvalue weighted by Gasteiger charge is -2.12. The van der Waals surface area contributed by atoms with Crippen molar-refractivity contribution in [2.45, 2.75) is 11.5 Å². The molecule has 0 atom stereocenters. The van der Waals surface area contributed by atoms with E-state index in [0.717, 1.165) is 4.31 Å². The maximum atomic E-state index is 12.2. The summed E-state index contributed by atoms with van der Waals surface area (Å²) in [6.45, 7) is -0.350. The van der Waals surface area contributed by atoms with E-state index in [2.05, 4.69) is 5.32 Å². The van der Waals surface area contributed by atoms with E-state index in [4.69, 9.17) is 10.00 Å². The van der Waals surface area contributed by atoms with Crippen LogP contribution in [0.5, 0.6) is 0 Å². The fraction of sp³-hybridized carbons (Fsp3) is 0.211. The Morgan fingerprint density at radius 1 is 1.14 bits per heavy atom. The van der Waals surface area contributed by atoms with Gasteiger partial charge in [-0.05, 0) is 35.9 Å². The first kappa shape index (κ1) is 21.1. The Bertz CT molecular complexity index is 1010. The first-order valence-electron chi connectivity index (χ1n) is 8.19. The third kappa shape index (κ3) is 5.39. The minimum absolute atomic E-state index is 0.0109. The molecule has 146 valence electrons. The molecule has 0 saturated heterocycles. The van der Waals surface area contributed by atoms with Crippen molar-refractivity contribution in [3.8, 4) is 6.07 Å². The number of esters is 1. The van der Waals surface area contributed by atoms with Gasteiger partial charge in [-0.2, -0.15) is 5.26 Å². The average molecular weight is 401 g/mol. The van der Waals surface area contributed by atoms with E-state index in [1.165, 1.54) is 38.4 Å². The van der Waals surface area contributed by atoms with E-state index in [1.807, 2.05) is 6.07 Å². The minimum Gasteiger partial charge on any atom is -0.460 e. The van der Waals surface area contributed by atoms with Gasteiger partial charge in [0.1, 0.15) is 13.2 Å². The number of hydrogen-bond acceptors (Lipinski definition) is 6. The van der Waals surface area contributed by atoms with E-state index in [1.54, 1.807) is 24.3 Å². The lowest BCUT2D eigenvalue weighted by Crippen LogP contribution is -2.31. The van der Waals surface area contributed by atoms with Crippen LogP contribution in [0.15, 0.2) is 53.4 Å². The van der Waals surface area contributed by atoms with Crippen LogP contribution in [-0.4, -0.2) is 45.2 Å². The molecule has 0 aliphatic carbocycles. The number of carbonyl (C=O) groups excluding carboxylic acids is 2. The molecule has 2 rings (SSSR count). The Morgan fingerprint density at radius 3 is 2.43 bits per heavy atom. The molecular formula is C19H19N3O5S. The molecular weight excluding hydrogens is 382 g/mol. The zero-order valence-corrected chi connectivity index (χ0v) is 16.2. The highest BCUT2D eigenvalue weighted by molar-refractivity contribution is 7.89. The van der Waals surface area contributed by atoms with Crippen LogP contribution in [0.4, 0.5) is 0 Å². The SMILES string of the molecule is CN(C)S(=O)(=O)c1cccc(C(=O)NCC(=O)OCc2ccc(C#N)cc2)c1. The average Bonchev–Trinajstić information content (AvgIpc) is 2.70. The summed E-state index contributed by atoms with van der Waals surface area (Å²) < 4.78 is 30.4. The van der Waals surface area contributed by atoms with Crippen molar-refractivity contribution < 1.29 is 22.7 Å². The van der Waals surface area contributed by atoms with Gasteiger partial charge in [-0.1, -0.05) is 18.2 Å². The quantitative estimate of drug-likeness (QED) is 0.699. The standard InChI is InChI=1S/C19H19N3O5S/c1-22(2)28(25,26)17-5-3-4-16(10-17)19(24)21-12-18(23)27-13-15-8-6-14(11-20)7-9-15/h3-10H,12-13H2,1-2H3,(H,21,24). The third-order valence-electron chi connectivity index (χ3n) is 3.75. The molecule has 28 heavy (non-hydrogen) atoms. The molecule has 0 aromatic heterocycles. The number of nitrogens with zero attached hydrogens (tertiary/aromatic N) is 2. The molecule has 8 nitrogen and oxygen atoms in total. The lowest BCUT2D eigenvalue weighted by molar-refractivity contribution is -0.143. The molecule has 1 amide bonds. The fourth-order valence-electron chi connectivity index (χ4n) is 2.15. The summed E-state index contributed by atoms with van der Waals surface area (Å²) in [5.41, 5.74) is 1.32. The van der Waals surface area contributed by atoms with Gasteiger partial charge in [-0.15, -0.1) is 0 Å². The van der Waals surface area contributed by atoms with Crippen molar-refractivity contribution in [2.24, 2.45) is 0 Å². The molecule has 0 aliphatic heterocycles. The van der Waals surface area contributed by atoms with Gasteiger partial charge in [0.15, 0.2) is 0 Å². The van der Waals surface area contributed by atoms with Crippen LogP contribution >= 0.6 is 0 Å². The van der Waals surface area contributed by atoms with Crippen molar-refractivity contribution >= 4 is 21.9 Å². The summed E-state index contributed by atoms with van der Waals surface area (Å²) in [7, 11) is -0.877. The highest BCUT2D eigenvalue weighted by Gasteiger charge is 2.19. The number of ether oxygens (including phenoxy) is 1. The first-order chi connectivity index (χ1) is 13.2. The number of sulfonamides is 1. The van der Waals surface area contributed by atoms with Crippen LogP contribution < -0.4 is 5.32 Å². The predicted octanol–water partition coefficient (Wildman–Crippen LogP) is 1.28. The minimum atomic E-state index is -3.67. The number of rotatable bonds is 7. The second-order valence-electron chi connectivity index (χ2n) is 5.97. The molecule has 0 radical (unpaired) electrons. The molecule has 2 aromatic carbocycles. The van der Waals surface area contributed by atoms with Gasteiger partial charge in [-0.3, -0.25) is 9.59 Å². The Labute approximate surface area is 163 Å². The Balaban J connectivity index is 1.91. The molecule has 0 fully saturated rings. The van der Waals surface area contributed by atoms with Crippen LogP contribution in [0.1, 0.15) is 21.5 Å². The first-order valence-corrected chi connectivity index (χ1v) is 9.63. The fourth-order valence-corrected chi connectivity index (χ4v) is 3.10. The lowest BCUT2D eigenvalue weighted by atomic mass is 10.2. The van der Waals surface area contributed by atoms with Crippen molar-refractivity contribution in [1.82, 2.24) is 9.62 Å². The van der Waals surface area contributed by atoms with E-state index in [0.29, 0.717) is 11.1 Å². The molecule has 0 saturated carbocycles. The van der Waals surface area contributed by atoms with Crippen molar-refractivity contribution in [3.63, 3.8) is 0 Å². The van der Waals surface area contributed by atoms with Crippen molar-refractivity contribution in [2.75, 3.05) is 20.6 Å². The highest BCUT2D eigenvalue weighted by Crippen LogP contribution is 2.14. The van der Waals surface area contributed by atoms with Gasteiger partial charge >= 0.3 is 5.97 Å². The molecule has 0 heterocycles. The summed E-state index contributed by atoms with van der Waals surface area (Å²) in [4.78, 5) is 24.0. The highest BCUT2D eigenvalue weighted by atomic mass is 32.2. The maximum Gasteiger partial charge on any atom is 0.325 e. The van der Waals surface area contributed by atoms with E-state index in [-0.39, 0.29) is 23.6 Å². The Kier molecular flexibility index (Phi) is 6.87. The second-order valence-corrected chi connectivity index (χ2v) is 8.12. The van der Waals surface area contributed by atoms with E-state index in [9.17, 15) is 18.0 Å². The number of nitrogens with one attached hydrogen (secondary N) is 1. The molecule has 1 N–H and O–H groups in total. The van der Waals surface area contributed by atoms with Gasteiger partial charge in [-0.25, -0.2) is 12.7 Å². The van der Waals surface area contributed by atoms with Crippen LogP contribution in [0, 0.1) is 11.3 Å². The number of carbonyl (C=O) groups is 2. The smallest absolute Gasteiger partial charge is 0.325 e. The molecule has 0 aliphatic rings. The van der Waals surface area contributed by atoms with E-state index >= 15 is 0 Å². The van der Waals surface area contributed by atoms with Crippen LogP contribution in [0.3, 0.4) is 0 Å². The maximum absolute atomic E-state index is 12.2. The molecule has 0 spiro atoms. The zero-order chi connectivity index (χ0) is 20.7. The van der Waals surface area contributed by atoms with Crippen molar-refractivity contribution in [1.29, 1.82) is 5.26 Å². The molecule has 2 aromatic rings. The Hall–Kier alpha value is -3.22. The second kappa shape index (κ2) is 9.12. The monoisotopic (exact) mass is 401 g/mol. The third-order valence-corrected chi connectivity index (χ3v) is 5.56. The van der Waals surface area contributed by atoms with Crippen LogP contribution in [0.2, 0.25) is 0 Å². The number of amides is 1. The number of nitriles is 1. The predicted molar refractivity (Wildman–Crippen MR) is 101 cm³/mol. The normalized spacial score (nSPS) is 10.9. The Morgan fingerprint density at radius 2 is 1.82 bits per heavy atom. The summed E-state index contributed by atoms with van der Waals surface area (Å²) >= 11 is 0. The number of benzene rings is 2. The van der Waals surface area contributed by atoms with Crippen LogP contribution in [-0.2, 0) is 26.2 Å². The molecule has 0 unspecified atom stereocenters. The topological polar surface area (TPSA) is 117 Å². The van der Waals surface area contributed by atoms with Gasteiger partial charge < -0.3 is 10.1 Å². The van der Waals surface area contributed by atoms with Gasteiger partial charge in [0.05, 0.1) is 16.5 Å². The van der Waals surface area contributed by atoms with Gasteiger partial charge in [0.25, 0.3) is 5.91 Å². The van der Waals surface area contributed by atoms with Gasteiger partial charge in [0.2, 0.25) is 10.0 Å². The summed E-state index contributed by atoms with van der Waals surface area (Å²) in [5.74, 6) is -1.24. The zero-order valence-electron chi connectivity index (χ0n) is 15.4. The number of hydrogen-bond donors (Lipinski definition) is 1. The van der Waals surface area contributed by atoms with Crippen LogP contribution in [0.25, 0.3) is 0 Å². The largest absolute Gasteiger partial charge is 0.460 e. The summed E-state index contributed by atoms with van der Waals surface area (Å²) in [6, 6.07) is 14.1. The summed E-state index contributed by atoms with van der Waals surface area (Å²) in [6.07, 6.45) is 0. The summed E-state index contributed by atoms with van der Waals surface area (Å²) in [5, 5.41) is 11.1. The van der Waals surface area contributed by atoms with E-state index < -0.39 is 21.9 Å². The van der Waals surface area contributed by atoms with Gasteiger partial charge in [0, 0.05) is 19.7 Å². The van der Waals surface area contributed by atoms with Crippen molar-refractivity contribution in [3.05, 3.63) is 65.2 Å².